The van der Waals surface area contributed by atoms with E-state index in [0.29, 0.717) is 5.69 Å². The molecule has 0 aliphatic rings. The highest BCUT2D eigenvalue weighted by Gasteiger charge is 2.26. The van der Waals surface area contributed by atoms with Gasteiger partial charge in [-0.25, -0.2) is 18.2 Å². The van der Waals surface area contributed by atoms with Crippen molar-refractivity contribution in [2.45, 2.75) is 20.3 Å². The molecule has 0 unspecified atom stereocenters. The van der Waals surface area contributed by atoms with Gasteiger partial charge in [0.1, 0.15) is 5.82 Å². The van der Waals surface area contributed by atoms with Crippen molar-refractivity contribution in [3.05, 3.63) is 47.4 Å². The summed E-state index contributed by atoms with van der Waals surface area (Å²) in [5, 5.41) is 0. The number of hydrogen-bond donors (Lipinski definition) is 0. The van der Waals surface area contributed by atoms with Crippen LogP contribution in [-0.4, -0.2) is 23.9 Å². The summed E-state index contributed by atoms with van der Waals surface area (Å²) < 4.78 is 43.5. The minimum Gasteiger partial charge on any atom is -0.436 e. The number of nitrogens with zero attached hydrogens (tertiary/aromatic N) is 2. The van der Waals surface area contributed by atoms with Crippen LogP contribution in [0, 0.1) is 19.7 Å². The van der Waals surface area contributed by atoms with Gasteiger partial charge in [0.05, 0.1) is 12.2 Å². The standard InChI is InChI=1S/C14H13F3N2O2/c1-8-13(21-9(2)18-8)14(20)19(7-12(16)17)11-5-3-10(15)4-6-11/h3-6,12H,7H2,1-2H3. The van der Waals surface area contributed by atoms with Crippen LogP contribution in [0.2, 0.25) is 0 Å². The quantitative estimate of drug-likeness (QED) is 0.869. The lowest BCUT2D eigenvalue weighted by molar-refractivity contribution is 0.0917. The minimum absolute atomic E-state index is 0.0996. The zero-order valence-electron chi connectivity index (χ0n) is 11.4. The second kappa shape index (κ2) is 5.99. The number of benzene rings is 1. The van der Waals surface area contributed by atoms with Crippen molar-refractivity contribution in [2.75, 3.05) is 11.4 Å². The third kappa shape index (κ3) is 3.42. The predicted octanol–water partition coefficient (Wildman–Crippen LogP) is 3.34. The van der Waals surface area contributed by atoms with Gasteiger partial charge in [0.15, 0.2) is 5.89 Å². The van der Waals surface area contributed by atoms with Crippen LogP contribution in [0.15, 0.2) is 28.7 Å². The highest BCUT2D eigenvalue weighted by Crippen LogP contribution is 2.21. The van der Waals surface area contributed by atoms with Crippen molar-refractivity contribution in [2.24, 2.45) is 0 Å². The molecule has 0 saturated carbocycles. The maximum Gasteiger partial charge on any atom is 0.296 e. The molecular formula is C14H13F3N2O2. The van der Waals surface area contributed by atoms with Crippen LogP contribution in [0.25, 0.3) is 0 Å². The van der Waals surface area contributed by atoms with Crippen molar-refractivity contribution < 1.29 is 22.4 Å². The van der Waals surface area contributed by atoms with Crippen LogP contribution in [0.5, 0.6) is 0 Å². The van der Waals surface area contributed by atoms with Gasteiger partial charge in [-0.2, -0.15) is 0 Å². The normalized spacial score (nSPS) is 11.0. The van der Waals surface area contributed by atoms with Crippen molar-refractivity contribution in [3.63, 3.8) is 0 Å². The molecule has 4 nitrogen and oxygen atoms in total. The molecule has 0 bridgehead atoms. The number of amides is 1. The lowest BCUT2D eigenvalue weighted by atomic mass is 10.2. The monoisotopic (exact) mass is 298 g/mol. The maximum atomic E-state index is 12.9. The molecule has 0 atom stereocenters. The first-order chi connectivity index (χ1) is 9.88. The number of aryl methyl sites for hydroxylation is 2. The Morgan fingerprint density at radius 1 is 1.29 bits per heavy atom. The van der Waals surface area contributed by atoms with E-state index in [-0.39, 0.29) is 17.3 Å². The molecule has 0 radical (unpaired) electrons. The zero-order valence-corrected chi connectivity index (χ0v) is 11.4. The van der Waals surface area contributed by atoms with Crippen molar-refractivity contribution >= 4 is 11.6 Å². The predicted molar refractivity (Wildman–Crippen MR) is 70.1 cm³/mol. The Labute approximate surface area is 119 Å². The Morgan fingerprint density at radius 2 is 1.90 bits per heavy atom. The molecular weight excluding hydrogens is 285 g/mol. The summed E-state index contributed by atoms with van der Waals surface area (Å²) in [6.07, 6.45) is -2.73. The largest absolute Gasteiger partial charge is 0.436 e. The Kier molecular flexibility index (Phi) is 4.30. The van der Waals surface area contributed by atoms with Crippen molar-refractivity contribution in [1.29, 1.82) is 0 Å². The average Bonchev–Trinajstić information content (AvgIpc) is 2.75. The summed E-state index contributed by atoms with van der Waals surface area (Å²) in [6, 6.07) is 4.71. The SMILES string of the molecule is Cc1nc(C)c(C(=O)N(CC(F)F)c2ccc(F)cc2)o1. The van der Waals surface area contributed by atoms with E-state index in [1.165, 1.54) is 12.1 Å². The number of anilines is 1. The zero-order chi connectivity index (χ0) is 15.6. The number of halogens is 3. The van der Waals surface area contributed by atoms with Gasteiger partial charge in [0.2, 0.25) is 5.76 Å². The molecule has 0 aliphatic carbocycles. The van der Waals surface area contributed by atoms with Gasteiger partial charge >= 0.3 is 0 Å². The fourth-order valence-corrected chi connectivity index (χ4v) is 1.92. The van der Waals surface area contributed by atoms with Gasteiger partial charge in [-0.1, -0.05) is 0 Å². The van der Waals surface area contributed by atoms with Crippen LogP contribution in [0.3, 0.4) is 0 Å². The molecule has 1 amide bonds. The Morgan fingerprint density at radius 3 is 2.38 bits per heavy atom. The molecule has 2 aromatic rings. The van der Waals surface area contributed by atoms with Gasteiger partial charge in [-0.15, -0.1) is 0 Å². The van der Waals surface area contributed by atoms with Gasteiger partial charge in [0.25, 0.3) is 12.3 Å². The van der Waals surface area contributed by atoms with E-state index in [1.54, 1.807) is 13.8 Å². The molecule has 0 aliphatic heterocycles. The fourth-order valence-electron chi connectivity index (χ4n) is 1.92. The molecule has 0 spiro atoms. The molecule has 0 N–H and O–H groups in total. The first-order valence-electron chi connectivity index (χ1n) is 6.18. The minimum atomic E-state index is -2.73. The molecule has 1 heterocycles. The van der Waals surface area contributed by atoms with Crippen LogP contribution in [0.4, 0.5) is 18.9 Å². The van der Waals surface area contributed by atoms with Crippen LogP contribution in [-0.2, 0) is 0 Å². The first kappa shape index (κ1) is 15.1. The molecule has 7 heteroatoms. The number of carbonyl (C=O) groups excluding carboxylic acids is 1. The summed E-state index contributed by atoms with van der Waals surface area (Å²) >= 11 is 0. The van der Waals surface area contributed by atoms with E-state index >= 15 is 0 Å². The molecule has 0 fully saturated rings. The highest BCUT2D eigenvalue weighted by atomic mass is 19.3. The van der Waals surface area contributed by atoms with Crippen molar-refractivity contribution in [3.8, 4) is 0 Å². The topological polar surface area (TPSA) is 46.3 Å². The van der Waals surface area contributed by atoms with Crippen LogP contribution >= 0.6 is 0 Å². The maximum absolute atomic E-state index is 12.9. The van der Waals surface area contributed by atoms with Crippen LogP contribution < -0.4 is 4.90 Å². The summed E-state index contributed by atoms with van der Waals surface area (Å²) in [5.41, 5.74) is 0.481. The molecule has 112 valence electrons. The average molecular weight is 298 g/mol. The van der Waals surface area contributed by atoms with E-state index < -0.39 is 24.7 Å². The lowest BCUT2D eigenvalue weighted by Gasteiger charge is -2.21. The molecule has 2 rings (SSSR count). The second-order valence-corrected chi connectivity index (χ2v) is 4.43. The number of oxazole rings is 1. The van der Waals surface area contributed by atoms with Gasteiger partial charge in [0, 0.05) is 12.6 Å². The third-order valence-corrected chi connectivity index (χ3v) is 2.80. The summed E-state index contributed by atoms with van der Waals surface area (Å²) in [7, 11) is 0. The number of alkyl halides is 2. The smallest absolute Gasteiger partial charge is 0.296 e. The number of rotatable bonds is 4. The Hall–Kier alpha value is -2.31. The summed E-state index contributed by atoms with van der Waals surface area (Å²) in [6.45, 7) is 2.29. The number of hydrogen-bond acceptors (Lipinski definition) is 3. The molecule has 1 aromatic heterocycles. The second-order valence-electron chi connectivity index (χ2n) is 4.43. The van der Waals surface area contributed by atoms with Gasteiger partial charge < -0.3 is 4.42 Å². The van der Waals surface area contributed by atoms with Crippen LogP contribution in [0.1, 0.15) is 22.1 Å². The van der Waals surface area contributed by atoms with E-state index in [2.05, 4.69) is 4.98 Å². The van der Waals surface area contributed by atoms with E-state index in [4.69, 9.17) is 4.42 Å². The third-order valence-electron chi connectivity index (χ3n) is 2.80. The summed E-state index contributed by atoms with van der Waals surface area (Å²) in [5.74, 6) is -1.08. The van der Waals surface area contributed by atoms with E-state index in [0.717, 1.165) is 17.0 Å². The van der Waals surface area contributed by atoms with Crippen molar-refractivity contribution in [1.82, 2.24) is 4.98 Å². The molecule has 0 saturated heterocycles. The molecule has 21 heavy (non-hydrogen) atoms. The lowest BCUT2D eigenvalue weighted by Crippen LogP contribution is -2.35. The highest BCUT2D eigenvalue weighted by molar-refractivity contribution is 6.04. The fraction of sp³-hybridized carbons (Fsp3) is 0.286. The summed E-state index contributed by atoms with van der Waals surface area (Å²) in [4.78, 5) is 17.1. The Bertz CT molecular complexity index is 638. The number of aromatic nitrogens is 1. The van der Waals surface area contributed by atoms with Gasteiger partial charge in [-0.05, 0) is 31.2 Å². The van der Waals surface area contributed by atoms with E-state index in [9.17, 15) is 18.0 Å². The van der Waals surface area contributed by atoms with Gasteiger partial charge in [-0.3, -0.25) is 9.69 Å². The van der Waals surface area contributed by atoms with E-state index in [1.807, 2.05) is 0 Å². The number of carbonyl (C=O) groups is 1. The Balaban J connectivity index is 2.38. The molecule has 1 aromatic carbocycles. The first-order valence-corrected chi connectivity index (χ1v) is 6.18.